The number of nitrogens with one attached hydrogen (secondary N) is 1. The Hall–Kier alpha value is -1.46. The van der Waals surface area contributed by atoms with Crippen LogP contribution in [0.25, 0.3) is 0 Å². The minimum atomic E-state index is 0.124. The summed E-state index contributed by atoms with van der Waals surface area (Å²) in [5.74, 6) is 0. The standard InChI is InChI=1S/C16H21N3OS/c1-2-10-17-11-15-18-19-16(21-15)20-14-9-5-7-12-6-3-4-8-13(12)14/h3-4,6,8,14,17H,2,5,7,9-11H2,1H3. The molecule has 1 aromatic heterocycles. The van der Waals surface area contributed by atoms with Gasteiger partial charge in [-0.3, -0.25) is 0 Å². The van der Waals surface area contributed by atoms with Crippen molar-refractivity contribution in [3.05, 3.63) is 40.4 Å². The van der Waals surface area contributed by atoms with E-state index >= 15 is 0 Å². The maximum Gasteiger partial charge on any atom is 0.294 e. The lowest BCUT2D eigenvalue weighted by Crippen LogP contribution is -2.15. The number of ether oxygens (including phenoxy) is 1. The Balaban J connectivity index is 1.65. The molecule has 1 atom stereocenters. The average Bonchev–Trinajstić information content (AvgIpc) is 2.96. The van der Waals surface area contributed by atoms with Gasteiger partial charge in [0, 0.05) is 6.54 Å². The number of rotatable bonds is 6. The van der Waals surface area contributed by atoms with Gasteiger partial charge in [0.15, 0.2) is 0 Å². The first-order chi connectivity index (χ1) is 10.4. The minimum Gasteiger partial charge on any atom is -0.461 e. The molecule has 0 amide bonds. The Bertz CT molecular complexity index is 584. The summed E-state index contributed by atoms with van der Waals surface area (Å²) in [5.41, 5.74) is 2.72. The Kier molecular flexibility index (Phi) is 4.83. The Morgan fingerprint density at radius 1 is 1.33 bits per heavy atom. The molecule has 1 aliphatic rings. The van der Waals surface area contributed by atoms with Crippen molar-refractivity contribution in [2.45, 2.75) is 45.3 Å². The highest BCUT2D eigenvalue weighted by Gasteiger charge is 2.22. The molecule has 0 saturated heterocycles. The first kappa shape index (κ1) is 14.5. The van der Waals surface area contributed by atoms with E-state index in [9.17, 15) is 0 Å². The lowest BCUT2D eigenvalue weighted by molar-refractivity contribution is 0.181. The zero-order valence-electron chi connectivity index (χ0n) is 12.3. The summed E-state index contributed by atoms with van der Waals surface area (Å²) in [6.45, 7) is 3.93. The number of fused-ring (bicyclic) bond motifs is 1. The van der Waals surface area contributed by atoms with Gasteiger partial charge in [0.2, 0.25) is 0 Å². The molecule has 0 radical (unpaired) electrons. The van der Waals surface area contributed by atoms with Gasteiger partial charge in [-0.2, -0.15) is 0 Å². The van der Waals surface area contributed by atoms with Crippen LogP contribution in [-0.4, -0.2) is 16.7 Å². The number of hydrogen-bond acceptors (Lipinski definition) is 5. The molecule has 1 heterocycles. The van der Waals surface area contributed by atoms with Crippen LogP contribution < -0.4 is 10.1 Å². The van der Waals surface area contributed by atoms with Gasteiger partial charge < -0.3 is 10.1 Å². The molecule has 3 rings (SSSR count). The van der Waals surface area contributed by atoms with Gasteiger partial charge >= 0.3 is 0 Å². The van der Waals surface area contributed by atoms with Crippen LogP contribution in [0, 0.1) is 0 Å². The van der Waals surface area contributed by atoms with E-state index in [1.165, 1.54) is 17.5 Å². The van der Waals surface area contributed by atoms with Gasteiger partial charge in [0.1, 0.15) is 11.1 Å². The lowest BCUT2D eigenvalue weighted by atomic mass is 9.89. The predicted molar refractivity (Wildman–Crippen MR) is 84.7 cm³/mol. The van der Waals surface area contributed by atoms with Gasteiger partial charge in [0.05, 0.1) is 0 Å². The molecule has 0 aliphatic heterocycles. The number of aromatic nitrogens is 2. The second-order valence-corrected chi connectivity index (χ2v) is 6.36. The van der Waals surface area contributed by atoms with Crippen LogP contribution in [0.15, 0.2) is 24.3 Å². The fraction of sp³-hybridized carbons (Fsp3) is 0.500. The van der Waals surface area contributed by atoms with E-state index in [1.54, 1.807) is 11.3 Å². The van der Waals surface area contributed by atoms with E-state index in [-0.39, 0.29) is 6.10 Å². The maximum absolute atomic E-state index is 6.09. The second kappa shape index (κ2) is 7.00. The van der Waals surface area contributed by atoms with Crippen molar-refractivity contribution in [2.75, 3.05) is 6.54 Å². The third-order valence-electron chi connectivity index (χ3n) is 3.71. The third-order valence-corrected chi connectivity index (χ3v) is 4.52. The molecule has 1 aromatic carbocycles. The quantitative estimate of drug-likeness (QED) is 0.830. The average molecular weight is 303 g/mol. The molecule has 21 heavy (non-hydrogen) atoms. The van der Waals surface area contributed by atoms with E-state index in [1.807, 2.05) is 0 Å². The molecular formula is C16H21N3OS. The molecular weight excluding hydrogens is 282 g/mol. The lowest BCUT2D eigenvalue weighted by Gasteiger charge is -2.24. The number of nitrogens with zero attached hydrogens (tertiary/aromatic N) is 2. The summed E-state index contributed by atoms with van der Waals surface area (Å²) < 4.78 is 6.09. The number of benzene rings is 1. The fourth-order valence-corrected chi connectivity index (χ4v) is 3.39. The predicted octanol–water partition coefficient (Wildman–Crippen LogP) is 3.49. The Morgan fingerprint density at radius 2 is 2.24 bits per heavy atom. The van der Waals surface area contributed by atoms with Crippen LogP contribution in [0.2, 0.25) is 0 Å². The van der Waals surface area contributed by atoms with Crippen molar-refractivity contribution in [2.24, 2.45) is 0 Å². The summed E-state index contributed by atoms with van der Waals surface area (Å²) in [6.07, 6.45) is 4.63. The SMILES string of the molecule is CCCNCc1nnc(OC2CCCc3ccccc32)s1. The Morgan fingerprint density at radius 3 is 3.14 bits per heavy atom. The van der Waals surface area contributed by atoms with Crippen molar-refractivity contribution in [1.82, 2.24) is 15.5 Å². The highest BCUT2D eigenvalue weighted by atomic mass is 32.1. The van der Waals surface area contributed by atoms with Crippen LogP contribution >= 0.6 is 11.3 Å². The molecule has 0 fully saturated rings. The first-order valence-corrected chi connectivity index (χ1v) is 8.46. The monoisotopic (exact) mass is 303 g/mol. The van der Waals surface area contributed by atoms with Gasteiger partial charge in [-0.25, -0.2) is 0 Å². The molecule has 0 bridgehead atoms. The second-order valence-electron chi connectivity index (χ2n) is 5.34. The van der Waals surface area contributed by atoms with E-state index in [0.29, 0.717) is 5.19 Å². The fourth-order valence-electron chi connectivity index (χ4n) is 2.68. The summed E-state index contributed by atoms with van der Waals surface area (Å²) in [7, 11) is 0. The zero-order chi connectivity index (χ0) is 14.5. The molecule has 1 aliphatic carbocycles. The van der Waals surface area contributed by atoms with Gasteiger partial charge in [0.25, 0.3) is 5.19 Å². The van der Waals surface area contributed by atoms with Gasteiger partial charge in [-0.05, 0) is 43.4 Å². The number of aryl methyl sites for hydroxylation is 1. The minimum absolute atomic E-state index is 0.124. The molecule has 0 saturated carbocycles. The summed E-state index contributed by atoms with van der Waals surface area (Å²) >= 11 is 1.54. The molecule has 2 aromatic rings. The van der Waals surface area contributed by atoms with Gasteiger partial charge in [-0.15, -0.1) is 5.10 Å². The van der Waals surface area contributed by atoms with Crippen LogP contribution in [-0.2, 0) is 13.0 Å². The molecule has 4 nitrogen and oxygen atoms in total. The van der Waals surface area contributed by atoms with E-state index < -0.39 is 0 Å². The highest BCUT2D eigenvalue weighted by Crippen LogP contribution is 2.34. The van der Waals surface area contributed by atoms with Crippen molar-refractivity contribution in [3.63, 3.8) is 0 Å². The van der Waals surface area contributed by atoms with Crippen LogP contribution in [0.4, 0.5) is 0 Å². The molecule has 0 spiro atoms. The summed E-state index contributed by atoms with van der Waals surface area (Å²) in [4.78, 5) is 0. The first-order valence-electron chi connectivity index (χ1n) is 7.64. The van der Waals surface area contributed by atoms with E-state index in [0.717, 1.165) is 37.4 Å². The Labute approximate surface area is 129 Å². The van der Waals surface area contributed by atoms with E-state index in [2.05, 4.69) is 46.7 Å². The molecule has 1 unspecified atom stereocenters. The van der Waals surface area contributed by atoms with Crippen molar-refractivity contribution in [1.29, 1.82) is 0 Å². The summed E-state index contributed by atoms with van der Waals surface area (Å²) in [5, 5.41) is 13.4. The van der Waals surface area contributed by atoms with Crippen molar-refractivity contribution in [3.8, 4) is 5.19 Å². The highest BCUT2D eigenvalue weighted by molar-refractivity contribution is 7.13. The van der Waals surface area contributed by atoms with Crippen molar-refractivity contribution >= 4 is 11.3 Å². The summed E-state index contributed by atoms with van der Waals surface area (Å²) in [6, 6.07) is 8.55. The normalized spacial score (nSPS) is 17.5. The van der Waals surface area contributed by atoms with Gasteiger partial charge in [-0.1, -0.05) is 47.6 Å². The largest absolute Gasteiger partial charge is 0.461 e. The number of hydrogen-bond donors (Lipinski definition) is 1. The smallest absolute Gasteiger partial charge is 0.294 e. The zero-order valence-corrected chi connectivity index (χ0v) is 13.2. The van der Waals surface area contributed by atoms with E-state index in [4.69, 9.17) is 4.74 Å². The molecule has 112 valence electrons. The van der Waals surface area contributed by atoms with Crippen LogP contribution in [0.5, 0.6) is 5.19 Å². The molecule has 1 N–H and O–H groups in total. The molecule has 5 heteroatoms. The topological polar surface area (TPSA) is 47.0 Å². The van der Waals surface area contributed by atoms with Crippen LogP contribution in [0.1, 0.15) is 48.4 Å². The maximum atomic E-state index is 6.09. The van der Waals surface area contributed by atoms with Crippen LogP contribution in [0.3, 0.4) is 0 Å². The van der Waals surface area contributed by atoms with Crippen molar-refractivity contribution < 1.29 is 4.74 Å². The third kappa shape index (κ3) is 3.60.